The predicted octanol–water partition coefficient (Wildman–Crippen LogP) is 1.10. The topological polar surface area (TPSA) is 96.6 Å². The summed E-state index contributed by atoms with van der Waals surface area (Å²) in [6.07, 6.45) is 3.00. The third kappa shape index (κ3) is 2.27. The van der Waals surface area contributed by atoms with Gasteiger partial charge in [-0.2, -0.15) is 0 Å². The van der Waals surface area contributed by atoms with Gasteiger partial charge in [-0.05, 0) is 24.2 Å². The maximum absolute atomic E-state index is 10.7. The minimum atomic E-state index is -0.954. The smallest absolute Gasteiger partial charge is 0.345 e. The molecule has 1 aliphatic carbocycles. The fourth-order valence-electron chi connectivity index (χ4n) is 1.36. The van der Waals surface area contributed by atoms with Crippen LogP contribution in [0.15, 0.2) is 6.20 Å². The SMILES string of the molecule is O=C(O)CN(c1ncc([N+](=O)[O-])s1)C1CC1. The van der Waals surface area contributed by atoms with Crippen LogP contribution in [0.3, 0.4) is 0 Å². The van der Waals surface area contributed by atoms with Crippen molar-refractivity contribution >= 4 is 27.4 Å². The number of anilines is 1. The molecule has 1 saturated carbocycles. The minimum Gasteiger partial charge on any atom is -0.480 e. The predicted molar refractivity (Wildman–Crippen MR) is 56.8 cm³/mol. The largest absolute Gasteiger partial charge is 0.480 e. The molecule has 1 aromatic rings. The van der Waals surface area contributed by atoms with Crippen molar-refractivity contribution in [2.75, 3.05) is 11.4 Å². The third-order valence-electron chi connectivity index (χ3n) is 2.20. The summed E-state index contributed by atoms with van der Waals surface area (Å²) in [5, 5.41) is 19.6. The van der Waals surface area contributed by atoms with Gasteiger partial charge in [-0.1, -0.05) is 0 Å². The van der Waals surface area contributed by atoms with E-state index in [1.54, 1.807) is 4.90 Å². The number of carboxylic acid groups (broad SMARTS) is 1. The number of carbonyl (C=O) groups is 1. The molecule has 2 rings (SSSR count). The highest BCUT2D eigenvalue weighted by Crippen LogP contribution is 2.35. The molecule has 0 atom stereocenters. The van der Waals surface area contributed by atoms with Gasteiger partial charge < -0.3 is 10.0 Å². The summed E-state index contributed by atoms with van der Waals surface area (Å²) in [6.45, 7) is -0.157. The molecule has 1 fully saturated rings. The number of hydrogen-bond acceptors (Lipinski definition) is 6. The highest BCUT2D eigenvalue weighted by atomic mass is 32.1. The number of nitro groups is 1. The monoisotopic (exact) mass is 243 g/mol. The van der Waals surface area contributed by atoms with Gasteiger partial charge >= 0.3 is 11.0 Å². The number of aromatic nitrogens is 1. The van der Waals surface area contributed by atoms with Crippen molar-refractivity contribution in [3.63, 3.8) is 0 Å². The van der Waals surface area contributed by atoms with Crippen molar-refractivity contribution in [2.24, 2.45) is 0 Å². The number of rotatable bonds is 5. The van der Waals surface area contributed by atoms with Gasteiger partial charge in [0.2, 0.25) is 0 Å². The van der Waals surface area contributed by atoms with Crippen molar-refractivity contribution in [3.8, 4) is 0 Å². The molecule has 0 unspecified atom stereocenters. The van der Waals surface area contributed by atoms with Gasteiger partial charge in [0, 0.05) is 6.04 Å². The van der Waals surface area contributed by atoms with Crippen LogP contribution in [-0.2, 0) is 4.79 Å². The second-order valence-electron chi connectivity index (χ2n) is 3.49. The molecular weight excluding hydrogens is 234 g/mol. The lowest BCUT2D eigenvalue weighted by Gasteiger charge is -2.17. The molecule has 0 amide bonds. The molecule has 7 nitrogen and oxygen atoms in total. The van der Waals surface area contributed by atoms with E-state index in [4.69, 9.17) is 5.11 Å². The van der Waals surface area contributed by atoms with E-state index in [-0.39, 0.29) is 17.6 Å². The van der Waals surface area contributed by atoms with Crippen LogP contribution in [0.4, 0.5) is 10.1 Å². The molecule has 0 saturated heterocycles. The molecule has 16 heavy (non-hydrogen) atoms. The van der Waals surface area contributed by atoms with Crippen LogP contribution in [0.25, 0.3) is 0 Å². The third-order valence-corrected chi connectivity index (χ3v) is 3.19. The van der Waals surface area contributed by atoms with Gasteiger partial charge in [0.1, 0.15) is 12.7 Å². The van der Waals surface area contributed by atoms with E-state index in [1.165, 1.54) is 0 Å². The standard InChI is InChI=1S/C8H9N3O4S/c12-7(13)4-10(5-1-2-5)8-9-3-6(16-8)11(14)15/h3,5H,1-2,4H2,(H,12,13). The molecule has 1 heterocycles. The van der Waals surface area contributed by atoms with Crippen molar-refractivity contribution in [1.29, 1.82) is 0 Å². The molecule has 0 aromatic carbocycles. The second kappa shape index (κ2) is 4.05. The summed E-state index contributed by atoms with van der Waals surface area (Å²) in [4.78, 5) is 26.1. The van der Waals surface area contributed by atoms with Crippen molar-refractivity contribution < 1.29 is 14.8 Å². The van der Waals surface area contributed by atoms with Gasteiger partial charge in [0.15, 0.2) is 5.13 Å². The van der Waals surface area contributed by atoms with Gasteiger partial charge in [0.05, 0.1) is 4.92 Å². The van der Waals surface area contributed by atoms with E-state index >= 15 is 0 Å². The molecule has 8 heteroatoms. The molecule has 1 N–H and O–H groups in total. The van der Waals surface area contributed by atoms with E-state index < -0.39 is 10.9 Å². The van der Waals surface area contributed by atoms with E-state index in [0.29, 0.717) is 5.13 Å². The summed E-state index contributed by atoms with van der Waals surface area (Å²) in [6, 6.07) is 0.168. The Morgan fingerprint density at radius 2 is 2.44 bits per heavy atom. The highest BCUT2D eigenvalue weighted by molar-refractivity contribution is 7.18. The first kappa shape index (κ1) is 10.8. The quantitative estimate of drug-likeness (QED) is 0.614. The maximum Gasteiger partial charge on any atom is 0.345 e. The van der Waals surface area contributed by atoms with Gasteiger partial charge in [0.25, 0.3) is 0 Å². The first-order chi connectivity index (χ1) is 7.58. The zero-order valence-corrected chi connectivity index (χ0v) is 9.01. The molecule has 1 aromatic heterocycles. The Labute approximate surface area is 94.5 Å². The number of hydrogen-bond donors (Lipinski definition) is 1. The molecule has 1 aliphatic rings. The van der Waals surface area contributed by atoms with Crippen LogP contribution in [-0.4, -0.2) is 33.6 Å². The maximum atomic E-state index is 10.7. The normalized spacial score (nSPS) is 14.8. The number of carboxylic acids is 1. The Kier molecular flexibility index (Phi) is 2.73. The van der Waals surface area contributed by atoms with Crippen LogP contribution in [0, 0.1) is 10.1 Å². The first-order valence-electron chi connectivity index (χ1n) is 4.66. The summed E-state index contributed by atoms with van der Waals surface area (Å²) in [5.74, 6) is -0.954. The fraction of sp³-hybridized carbons (Fsp3) is 0.500. The summed E-state index contributed by atoms with van der Waals surface area (Å²) in [5.41, 5.74) is 0. The van der Waals surface area contributed by atoms with Crippen molar-refractivity contribution in [1.82, 2.24) is 4.98 Å². The second-order valence-corrected chi connectivity index (χ2v) is 4.48. The van der Waals surface area contributed by atoms with E-state index in [2.05, 4.69) is 4.98 Å². The van der Waals surface area contributed by atoms with Gasteiger partial charge in [-0.3, -0.25) is 14.9 Å². The lowest BCUT2D eigenvalue weighted by molar-refractivity contribution is -0.380. The molecular formula is C8H9N3O4S. The molecule has 0 radical (unpaired) electrons. The van der Waals surface area contributed by atoms with E-state index in [0.717, 1.165) is 30.4 Å². The number of nitrogens with zero attached hydrogens (tertiary/aromatic N) is 3. The summed E-state index contributed by atoms with van der Waals surface area (Å²) >= 11 is 0.912. The summed E-state index contributed by atoms with van der Waals surface area (Å²) < 4.78 is 0. The molecule has 86 valence electrons. The van der Waals surface area contributed by atoms with Crippen LogP contribution in [0.2, 0.25) is 0 Å². The Bertz CT molecular complexity index is 429. The van der Waals surface area contributed by atoms with Gasteiger partial charge in [-0.25, -0.2) is 4.98 Å². The van der Waals surface area contributed by atoms with Gasteiger partial charge in [-0.15, -0.1) is 0 Å². The van der Waals surface area contributed by atoms with Crippen molar-refractivity contribution in [2.45, 2.75) is 18.9 Å². The Morgan fingerprint density at radius 3 is 2.88 bits per heavy atom. The zero-order chi connectivity index (χ0) is 11.7. The molecule has 0 bridgehead atoms. The Hall–Kier alpha value is -1.70. The average molecular weight is 243 g/mol. The summed E-state index contributed by atoms with van der Waals surface area (Å²) in [7, 11) is 0. The first-order valence-corrected chi connectivity index (χ1v) is 5.48. The van der Waals surface area contributed by atoms with E-state index in [9.17, 15) is 14.9 Å². The van der Waals surface area contributed by atoms with Crippen LogP contribution in [0.5, 0.6) is 0 Å². The van der Waals surface area contributed by atoms with Crippen LogP contribution in [0.1, 0.15) is 12.8 Å². The molecule has 0 spiro atoms. The van der Waals surface area contributed by atoms with Crippen LogP contribution < -0.4 is 4.90 Å². The lowest BCUT2D eigenvalue weighted by Crippen LogP contribution is -2.31. The zero-order valence-electron chi connectivity index (χ0n) is 8.20. The Morgan fingerprint density at radius 1 is 1.75 bits per heavy atom. The van der Waals surface area contributed by atoms with Crippen molar-refractivity contribution in [3.05, 3.63) is 16.3 Å². The number of aliphatic carboxylic acids is 1. The number of thiazole rings is 1. The van der Waals surface area contributed by atoms with E-state index in [1.807, 2.05) is 0 Å². The van der Waals surface area contributed by atoms with Crippen LogP contribution >= 0.6 is 11.3 Å². The lowest BCUT2D eigenvalue weighted by atomic mass is 10.5. The highest BCUT2D eigenvalue weighted by Gasteiger charge is 2.33. The minimum absolute atomic E-state index is 0.0639. The molecule has 0 aliphatic heterocycles. The average Bonchev–Trinajstić information content (AvgIpc) is 2.91. The Balaban J connectivity index is 2.17. The fourth-order valence-corrected chi connectivity index (χ4v) is 2.16.